The second-order valence-corrected chi connectivity index (χ2v) is 8.47. The SMILES string of the molecule is CCOC(=O)N(CC(O)CN1CCN(CCCC(=O)c2ccc(F)cc2)CC1)c1ccccc1. The van der Waals surface area contributed by atoms with Crippen LogP contribution in [0.5, 0.6) is 0 Å². The van der Waals surface area contributed by atoms with Crippen LogP contribution < -0.4 is 4.90 Å². The molecule has 3 rings (SSSR count). The van der Waals surface area contributed by atoms with Gasteiger partial charge < -0.3 is 14.7 Å². The molecule has 1 N–H and O–H groups in total. The minimum absolute atomic E-state index is 0.0336. The Labute approximate surface area is 200 Å². The standard InChI is InChI=1S/C26H34FN3O4/c1-2-34-26(33)30(23-7-4-3-5-8-23)20-24(31)19-29-17-15-28(16-18-29)14-6-9-25(32)21-10-12-22(27)13-11-21/h3-5,7-8,10-13,24,31H,2,6,9,14-20H2,1H3. The van der Waals surface area contributed by atoms with Crippen molar-refractivity contribution in [3.8, 4) is 0 Å². The molecular weight excluding hydrogens is 437 g/mol. The number of para-hydroxylation sites is 1. The first-order chi connectivity index (χ1) is 16.5. The van der Waals surface area contributed by atoms with Crippen molar-refractivity contribution in [1.82, 2.24) is 9.80 Å². The van der Waals surface area contributed by atoms with E-state index in [4.69, 9.17) is 4.74 Å². The Morgan fingerprint density at radius 1 is 1.03 bits per heavy atom. The molecule has 1 saturated heterocycles. The number of hydrogen-bond donors (Lipinski definition) is 1. The highest BCUT2D eigenvalue weighted by Crippen LogP contribution is 2.16. The second-order valence-electron chi connectivity index (χ2n) is 8.47. The minimum Gasteiger partial charge on any atom is -0.449 e. The van der Waals surface area contributed by atoms with Crippen LogP contribution in [0.25, 0.3) is 0 Å². The monoisotopic (exact) mass is 471 g/mol. The molecule has 0 saturated carbocycles. The van der Waals surface area contributed by atoms with E-state index in [2.05, 4.69) is 9.80 Å². The molecule has 0 aromatic heterocycles. The molecule has 1 aliphatic rings. The normalized spacial score (nSPS) is 15.6. The maximum atomic E-state index is 13.0. The third-order valence-electron chi connectivity index (χ3n) is 5.93. The van der Waals surface area contributed by atoms with E-state index in [-0.39, 0.29) is 24.8 Å². The molecule has 0 aliphatic carbocycles. The number of benzene rings is 2. The summed E-state index contributed by atoms with van der Waals surface area (Å²) in [7, 11) is 0. The van der Waals surface area contributed by atoms with Gasteiger partial charge in [0, 0.05) is 50.4 Å². The predicted octanol–water partition coefficient (Wildman–Crippen LogP) is 3.43. The van der Waals surface area contributed by atoms with E-state index in [0.717, 1.165) is 39.1 Å². The van der Waals surface area contributed by atoms with E-state index >= 15 is 0 Å². The summed E-state index contributed by atoms with van der Waals surface area (Å²) in [5.74, 6) is -0.306. The molecule has 1 heterocycles. The van der Waals surface area contributed by atoms with Crippen LogP contribution >= 0.6 is 0 Å². The fourth-order valence-corrected chi connectivity index (χ4v) is 4.10. The number of rotatable bonds is 11. The molecule has 8 heteroatoms. The van der Waals surface area contributed by atoms with E-state index in [9.17, 15) is 19.1 Å². The Morgan fingerprint density at radius 2 is 1.68 bits per heavy atom. The molecule has 2 aromatic carbocycles. The zero-order valence-corrected chi connectivity index (χ0v) is 19.7. The largest absolute Gasteiger partial charge is 0.449 e. The van der Waals surface area contributed by atoms with Gasteiger partial charge in [-0.3, -0.25) is 14.6 Å². The molecule has 0 spiro atoms. The lowest BCUT2D eigenvalue weighted by atomic mass is 10.1. The van der Waals surface area contributed by atoms with Crippen molar-refractivity contribution in [3.63, 3.8) is 0 Å². The summed E-state index contributed by atoms with van der Waals surface area (Å²) in [4.78, 5) is 30.6. The molecule has 2 aromatic rings. The number of ketones is 1. The summed E-state index contributed by atoms with van der Waals surface area (Å²) >= 11 is 0. The molecule has 1 atom stereocenters. The lowest BCUT2D eigenvalue weighted by Crippen LogP contribution is -2.50. The molecule has 0 bridgehead atoms. The van der Waals surface area contributed by atoms with Crippen LogP contribution in [-0.2, 0) is 4.74 Å². The van der Waals surface area contributed by atoms with Crippen LogP contribution in [0.3, 0.4) is 0 Å². The Kier molecular flexibility index (Phi) is 10.00. The molecular formula is C26H34FN3O4. The quantitative estimate of drug-likeness (QED) is 0.507. The van der Waals surface area contributed by atoms with Crippen LogP contribution in [-0.4, -0.2) is 85.3 Å². The topological polar surface area (TPSA) is 73.3 Å². The highest BCUT2D eigenvalue weighted by molar-refractivity contribution is 5.95. The number of anilines is 1. The van der Waals surface area contributed by atoms with Crippen molar-refractivity contribution in [2.75, 3.05) is 57.3 Å². The molecule has 34 heavy (non-hydrogen) atoms. The number of carbonyl (C=O) groups excluding carboxylic acids is 2. The van der Waals surface area contributed by atoms with E-state index < -0.39 is 12.2 Å². The van der Waals surface area contributed by atoms with Crippen molar-refractivity contribution in [2.45, 2.75) is 25.9 Å². The summed E-state index contributed by atoms with van der Waals surface area (Å²) in [6.45, 7) is 6.84. The number of nitrogens with zero attached hydrogens (tertiary/aromatic N) is 3. The van der Waals surface area contributed by atoms with Crippen LogP contribution in [0.2, 0.25) is 0 Å². The van der Waals surface area contributed by atoms with Crippen LogP contribution in [0.1, 0.15) is 30.1 Å². The number of ether oxygens (including phenoxy) is 1. The zero-order chi connectivity index (χ0) is 24.3. The highest BCUT2D eigenvalue weighted by atomic mass is 19.1. The fraction of sp³-hybridized carbons (Fsp3) is 0.462. The first kappa shape index (κ1) is 25.8. The maximum absolute atomic E-state index is 13.0. The van der Waals surface area contributed by atoms with E-state index in [1.165, 1.54) is 29.2 Å². The van der Waals surface area contributed by atoms with Gasteiger partial charge in [0.2, 0.25) is 0 Å². The maximum Gasteiger partial charge on any atom is 0.414 e. The number of hydrogen-bond acceptors (Lipinski definition) is 6. The Bertz CT molecular complexity index is 902. The average molecular weight is 472 g/mol. The van der Waals surface area contributed by atoms with Gasteiger partial charge in [-0.2, -0.15) is 0 Å². The van der Waals surface area contributed by atoms with Crippen LogP contribution in [0.15, 0.2) is 54.6 Å². The third-order valence-corrected chi connectivity index (χ3v) is 5.93. The molecule has 1 fully saturated rings. The zero-order valence-electron chi connectivity index (χ0n) is 19.7. The van der Waals surface area contributed by atoms with Gasteiger partial charge in [0.1, 0.15) is 5.82 Å². The molecule has 7 nitrogen and oxygen atoms in total. The summed E-state index contributed by atoms with van der Waals surface area (Å²) in [6.07, 6.45) is 0.0234. The number of amides is 1. The van der Waals surface area contributed by atoms with E-state index in [1.807, 2.05) is 30.3 Å². The van der Waals surface area contributed by atoms with Crippen molar-refractivity contribution in [3.05, 3.63) is 66.0 Å². The lowest BCUT2D eigenvalue weighted by molar-refractivity contribution is 0.0730. The number of carbonyl (C=O) groups is 2. The molecule has 184 valence electrons. The van der Waals surface area contributed by atoms with Crippen molar-refractivity contribution in [1.29, 1.82) is 0 Å². The summed E-state index contributed by atoms with van der Waals surface area (Å²) < 4.78 is 18.2. The Balaban J connectivity index is 1.39. The van der Waals surface area contributed by atoms with Crippen molar-refractivity contribution < 1.29 is 23.8 Å². The molecule has 1 aliphatic heterocycles. The number of β-amino-alcohol motifs (C(OH)–C–C–N with tert-alkyl or cyclic N) is 1. The van der Waals surface area contributed by atoms with E-state index in [1.54, 1.807) is 6.92 Å². The number of aliphatic hydroxyl groups is 1. The third kappa shape index (κ3) is 7.90. The average Bonchev–Trinajstić information content (AvgIpc) is 2.84. The number of Topliss-reactive ketones (excluding diaryl/α,β-unsaturated/α-hetero) is 1. The highest BCUT2D eigenvalue weighted by Gasteiger charge is 2.24. The number of piperazine rings is 1. The minimum atomic E-state index is -0.704. The summed E-state index contributed by atoms with van der Waals surface area (Å²) in [6, 6.07) is 14.9. The van der Waals surface area contributed by atoms with Gasteiger partial charge in [-0.15, -0.1) is 0 Å². The smallest absolute Gasteiger partial charge is 0.414 e. The van der Waals surface area contributed by atoms with Gasteiger partial charge in [0.15, 0.2) is 5.78 Å². The predicted molar refractivity (Wildman–Crippen MR) is 130 cm³/mol. The van der Waals surface area contributed by atoms with Gasteiger partial charge >= 0.3 is 6.09 Å². The van der Waals surface area contributed by atoms with Gasteiger partial charge in [0.25, 0.3) is 0 Å². The fourth-order valence-electron chi connectivity index (χ4n) is 4.10. The second kappa shape index (κ2) is 13.2. The first-order valence-electron chi connectivity index (χ1n) is 11.9. The van der Waals surface area contributed by atoms with Gasteiger partial charge in [-0.05, 0) is 56.3 Å². The Hall–Kier alpha value is -2.81. The van der Waals surface area contributed by atoms with E-state index in [0.29, 0.717) is 24.2 Å². The molecule has 1 unspecified atom stereocenters. The first-order valence-corrected chi connectivity index (χ1v) is 11.9. The summed E-state index contributed by atoms with van der Waals surface area (Å²) in [5.41, 5.74) is 1.24. The van der Waals surface area contributed by atoms with Gasteiger partial charge in [-0.25, -0.2) is 9.18 Å². The number of halogens is 1. The molecule has 1 amide bonds. The number of aliphatic hydroxyl groups excluding tert-OH is 1. The van der Waals surface area contributed by atoms with Gasteiger partial charge in [-0.1, -0.05) is 18.2 Å². The molecule has 0 radical (unpaired) electrons. The Morgan fingerprint density at radius 3 is 2.32 bits per heavy atom. The van der Waals surface area contributed by atoms with Crippen molar-refractivity contribution >= 4 is 17.6 Å². The van der Waals surface area contributed by atoms with Crippen molar-refractivity contribution in [2.24, 2.45) is 0 Å². The van der Waals surface area contributed by atoms with Gasteiger partial charge in [0.05, 0.1) is 19.3 Å². The summed E-state index contributed by atoms with van der Waals surface area (Å²) in [5, 5.41) is 10.7. The lowest BCUT2D eigenvalue weighted by Gasteiger charge is -2.36. The van der Waals surface area contributed by atoms with Crippen LogP contribution in [0, 0.1) is 5.82 Å². The van der Waals surface area contributed by atoms with Crippen LogP contribution in [0.4, 0.5) is 14.9 Å².